The second-order valence-electron chi connectivity index (χ2n) is 4.97. The normalized spacial score (nSPS) is 12.7. The molecule has 0 amide bonds. The molecule has 6 nitrogen and oxygen atoms in total. The summed E-state index contributed by atoms with van der Waals surface area (Å²) in [6.07, 6.45) is 3.11. The topological polar surface area (TPSA) is 69.2 Å². The highest BCUT2D eigenvalue weighted by molar-refractivity contribution is 5.34. The van der Waals surface area contributed by atoms with Crippen molar-refractivity contribution in [2.24, 2.45) is 5.73 Å². The quantitative estimate of drug-likeness (QED) is 0.861. The molecule has 0 aliphatic carbocycles. The Kier molecular flexibility index (Phi) is 4.87. The van der Waals surface area contributed by atoms with Crippen molar-refractivity contribution in [2.45, 2.75) is 12.6 Å². The van der Waals surface area contributed by atoms with E-state index in [1.165, 1.54) is 25.4 Å². The van der Waals surface area contributed by atoms with Crippen molar-refractivity contribution in [1.82, 2.24) is 19.7 Å². The van der Waals surface area contributed by atoms with E-state index in [0.29, 0.717) is 18.0 Å². The first-order valence-electron chi connectivity index (χ1n) is 6.65. The fourth-order valence-corrected chi connectivity index (χ4v) is 2.08. The van der Waals surface area contributed by atoms with E-state index in [9.17, 15) is 4.39 Å². The second kappa shape index (κ2) is 6.64. The van der Waals surface area contributed by atoms with Crippen LogP contribution in [-0.2, 0) is 6.54 Å². The number of ether oxygens (including phenoxy) is 1. The van der Waals surface area contributed by atoms with Crippen molar-refractivity contribution in [3.8, 4) is 5.75 Å². The smallest absolute Gasteiger partial charge is 0.161 e. The van der Waals surface area contributed by atoms with Crippen LogP contribution >= 0.6 is 0 Å². The second-order valence-corrected chi connectivity index (χ2v) is 4.97. The van der Waals surface area contributed by atoms with Gasteiger partial charge in [-0.2, -0.15) is 5.10 Å². The minimum absolute atomic E-state index is 0.183. The van der Waals surface area contributed by atoms with Gasteiger partial charge in [-0.25, -0.2) is 4.39 Å². The molecule has 2 aromatic rings. The Bertz CT molecular complexity index is 599. The summed E-state index contributed by atoms with van der Waals surface area (Å²) in [5.74, 6) is 0.0960. The van der Waals surface area contributed by atoms with Crippen LogP contribution in [0.2, 0.25) is 0 Å². The van der Waals surface area contributed by atoms with E-state index in [1.54, 1.807) is 10.9 Å². The van der Waals surface area contributed by atoms with E-state index in [4.69, 9.17) is 10.5 Å². The predicted molar refractivity (Wildman–Crippen MR) is 77.6 cm³/mol. The molecule has 0 aromatic carbocycles. The molecule has 0 fully saturated rings. The van der Waals surface area contributed by atoms with Crippen molar-refractivity contribution in [1.29, 1.82) is 0 Å². The number of hydrogen-bond acceptors (Lipinski definition) is 5. The average Bonchev–Trinajstić information content (AvgIpc) is 2.87. The molecule has 0 saturated carbocycles. The van der Waals surface area contributed by atoms with Crippen LogP contribution in [0.5, 0.6) is 5.75 Å². The third kappa shape index (κ3) is 3.37. The van der Waals surface area contributed by atoms with Gasteiger partial charge in [0.05, 0.1) is 31.6 Å². The Morgan fingerprint density at radius 3 is 2.86 bits per heavy atom. The van der Waals surface area contributed by atoms with Gasteiger partial charge in [-0.1, -0.05) is 0 Å². The number of likely N-dealkylation sites (N-methyl/N-ethyl adjacent to an activating group) is 1. The number of nitrogens with two attached hydrogens (primary N) is 1. The van der Waals surface area contributed by atoms with E-state index in [-0.39, 0.29) is 5.69 Å². The van der Waals surface area contributed by atoms with Gasteiger partial charge in [-0.05, 0) is 26.2 Å². The monoisotopic (exact) mass is 293 g/mol. The van der Waals surface area contributed by atoms with Crippen molar-refractivity contribution in [2.75, 3.05) is 27.7 Å². The van der Waals surface area contributed by atoms with Gasteiger partial charge in [-0.3, -0.25) is 9.67 Å². The van der Waals surface area contributed by atoms with Crippen LogP contribution < -0.4 is 10.5 Å². The van der Waals surface area contributed by atoms with Gasteiger partial charge in [0.15, 0.2) is 5.75 Å². The molecule has 0 radical (unpaired) electrons. The minimum atomic E-state index is -0.731. The highest BCUT2D eigenvalue weighted by atomic mass is 19.1. The van der Waals surface area contributed by atoms with Gasteiger partial charge >= 0.3 is 0 Å². The van der Waals surface area contributed by atoms with Crippen LogP contribution in [0.1, 0.15) is 17.4 Å². The lowest BCUT2D eigenvalue weighted by Gasteiger charge is -2.17. The maximum Gasteiger partial charge on any atom is 0.161 e. The van der Waals surface area contributed by atoms with E-state index >= 15 is 0 Å². The lowest BCUT2D eigenvalue weighted by molar-refractivity contribution is 0.362. The molecule has 2 N–H and O–H groups in total. The Balaban J connectivity index is 2.36. The minimum Gasteiger partial charge on any atom is -0.493 e. The predicted octanol–water partition coefficient (Wildman–Crippen LogP) is 1.04. The van der Waals surface area contributed by atoms with Crippen LogP contribution in [0, 0.1) is 5.82 Å². The molecule has 1 unspecified atom stereocenters. The van der Waals surface area contributed by atoms with Crippen LogP contribution in [-0.4, -0.2) is 47.4 Å². The molecule has 2 heterocycles. The summed E-state index contributed by atoms with van der Waals surface area (Å²) in [6.45, 7) is 1.42. The van der Waals surface area contributed by atoms with E-state index in [0.717, 1.165) is 6.54 Å². The lowest BCUT2D eigenvalue weighted by atomic mass is 10.1. The largest absolute Gasteiger partial charge is 0.493 e. The van der Waals surface area contributed by atoms with E-state index in [2.05, 4.69) is 10.1 Å². The summed E-state index contributed by atoms with van der Waals surface area (Å²) in [7, 11) is 5.48. The molecule has 0 spiro atoms. The number of pyridine rings is 1. The van der Waals surface area contributed by atoms with Crippen LogP contribution in [0.4, 0.5) is 4.39 Å². The first-order chi connectivity index (χ1) is 10.0. The molecular formula is C14H20FN5O. The van der Waals surface area contributed by atoms with Gasteiger partial charge in [-0.15, -0.1) is 0 Å². The van der Waals surface area contributed by atoms with Crippen LogP contribution in [0.3, 0.4) is 0 Å². The van der Waals surface area contributed by atoms with Gasteiger partial charge in [0.1, 0.15) is 11.5 Å². The molecule has 7 heteroatoms. The molecule has 0 bridgehead atoms. The summed E-state index contributed by atoms with van der Waals surface area (Å²) in [5, 5.41) is 4.27. The van der Waals surface area contributed by atoms with Crippen molar-refractivity contribution in [3.05, 3.63) is 41.7 Å². The lowest BCUT2D eigenvalue weighted by Crippen LogP contribution is -2.24. The zero-order valence-corrected chi connectivity index (χ0v) is 12.5. The summed E-state index contributed by atoms with van der Waals surface area (Å²) in [5.41, 5.74) is 6.99. The first kappa shape index (κ1) is 15.4. The van der Waals surface area contributed by atoms with Gasteiger partial charge in [0, 0.05) is 12.7 Å². The Labute approximate surface area is 123 Å². The Hall–Kier alpha value is -1.99. The molecular weight excluding hydrogens is 273 g/mol. The molecule has 2 aromatic heterocycles. The third-order valence-corrected chi connectivity index (χ3v) is 3.20. The number of hydrogen-bond donors (Lipinski definition) is 1. The Morgan fingerprint density at radius 2 is 2.24 bits per heavy atom. The maximum absolute atomic E-state index is 13.9. The summed E-state index contributed by atoms with van der Waals surface area (Å²) >= 11 is 0. The maximum atomic E-state index is 13.9. The van der Waals surface area contributed by atoms with Crippen molar-refractivity contribution < 1.29 is 9.13 Å². The van der Waals surface area contributed by atoms with E-state index < -0.39 is 11.9 Å². The molecule has 0 aliphatic rings. The molecule has 0 saturated heterocycles. The van der Waals surface area contributed by atoms with Crippen molar-refractivity contribution in [3.63, 3.8) is 0 Å². The zero-order valence-electron chi connectivity index (χ0n) is 12.5. The van der Waals surface area contributed by atoms with E-state index in [1.807, 2.05) is 19.0 Å². The summed E-state index contributed by atoms with van der Waals surface area (Å²) < 4.78 is 20.9. The highest BCUT2D eigenvalue weighted by Crippen LogP contribution is 2.28. The number of nitrogens with zero attached hydrogens (tertiary/aromatic N) is 4. The third-order valence-electron chi connectivity index (χ3n) is 3.20. The van der Waals surface area contributed by atoms with Crippen LogP contribution in [0.25, 0.3) is 0 Å². The fourth-order valence-electron chi connectivity index (χ4n) is 2.08. The van der Waals surface area contributed by atoms with Gasteiger partial charge in [0.2, 0.25) is 0 Å². The SMILES string of the molecule is COc1cnn(CCN(C)C)c1C(N)c1ncccc1F. The van der Waals surface area contributed by atoms with Gasteiger partial charge < -0.3 is 15.4 Å². The number of methoxy groups -OCH3 is 1. The zero-order chi connectivity index (χ0) is 15.4. The Morgan fingerprint density at radius 1 is 1.48 bits per heavy atom. The van der Waals surface area contributed by atoms with Gasteiger partial charge in [0.25, 0.3) is 0 Å². The standard InChI is InChI=1S/C14H20FN5O/c1-19(2)7-8-20-14(11(21-3)9-18-20)12(16)13-10(15)5-4-6-17-13/h4-6,9,12H,7-8,16H2,1-3H3. The number of aromatic nitrogens is 3. The molecule has 114 valence electrons. The molecule has 21 heavy (non-hydrogen) atoms. The average molecular weight is 293 g/mol. The summed E-state index contributed by atoms with van der Waals surface area (Å²) in [6, 6.07) is 2.15. The molecule has 2 rings (SSSR count). The molecule has 0 aliphatic heterocycles. The summed E-state index contributed by atoms with van der Waals surface area (Å²) in [4.78, 5) is 6.07. The number of halogens is 1. The van der Waals surface area contributed by atoms with Crippen molar-refractivity contribution >= 4 is 0 Å². The fraction of sp³-hybridized carbons (Fsp3) is 0.429. The molecule has 1 atom stereocenters. The number of rotatable bonds is 6. The highest BCUT2D eigenvalue weighted by Gasteiger charge is 2.23. The van der Waals surface area contributed by atoms with Crippen LogP contribution in [0.15, 0.2) is 24.5 Å². The first-order valence-corrected chi connectivity index (χ1v) is 6.65.